The van der Waals surface area contributed by atoms with Crippen LogP contribution in [0.2, 0.25) is 0 Å². The molecule has 0 saturated carbocycles. The lowest BCUT2D eigenvalue weighted by Crippen LogP contribution is -2.44. The van der Waals surface area contributed by atoms with Crippen molar-refractivity contribution in [2.75, 3.05) is 19.6 Å². The summed E-state index contributed by atoms with van der Waals surface area (Å²) in [6.45, 7) is 7.11. The van der Waals surface area contributed by atoms with E-state index < -0.39 is 5.60 Å². The van der Waals surface area contributed by atoms with Crippen LogP contribution in [0.4, 0.5) is 0 Å². The molecular formula is C18H26N2O3. The minimum Gasteiger partial charge on any atom is -0.459 e. The van der Waals surface area contributed by atoms with Crippen molar-refractivity contribution >= 4 is 11.8 Å². The molecule has 0 N–H and O–H groups in total. The van der Waals surface area contributed by atoms with Gasteiger partial charge in [0.15, 0.2) is 0 Å². The molecule has 23 heavy (non-hydrogen) atoms. The van der Waals surface area contributed by atoms with Crippen LogP contribution in [0.5, 0.6) is 0 Å². The van der Waals surface area contributed by atoms with Gasteiger partial charge in [-0.2, -0.15) is 0 Å². The number of aryl methyl sites for hydroxylation is 1. The zero-order chi connectivity index (χ0) is 16.9. The van der Waals surface area contributed by atoms with Gasteiger partial charge in [-0.05, 0) is 45.7 Å². The van der Waals surface area contributed by atoms with Crippen LogP contribution in [0.1, 0.15) is 39.3 Å². The lowest BCUT2D eigenvalue weighted by Gasteiger charge is -2.31. The molecule has 1 aliphatic heterocycles. The average molecular weight is 318 g/mol. The maximum absolute atomic E-state index is 12.1. The number of hydrogen-bond donors (Lipinski definition) is 0. The summed E-state index contributed by atoms with van der Waals surface area (Å²) < 4.78 is 5.36. The molecule has 1 aliphatic rings. The highest BCUT2D eigenvalue weighted by Gasteiger charge is 2.29. The molecule has 0 spiro atoms. The Morgan fingerprint density at radius 3 is 2.83 bits per heavy atom. The quantitative estimate of drug-likeness (QED) is 0.779. The maximum Gasteiger partial charge on any atom is 0.320 e. The van der Waals surface area contributed by atoms with Gasteiger partial charge in [0, 0.05) is 37.3 Å². The summed E-state index contributed by atoms with van der Waals surface area (Å²) in [4.78, 5) is 30.4. The third-order valence-electron chi connectivity index (χ3n) is 3.86. The van der Waals surface area contributed by atoms with Crippen LogP contribution in [-0.2, 0) is 20.7 Å². The highest BCUT2D eigenvalue weighted by atomic mass is 16.6. The number of ether oxygens (including phenoxy) is 1. The van der Waals surface area contributed by atoms with Gasteiger partial charge in [-0.1, -0.05) is 6.07 Å². The predicted molar refractivity (Wildman–Crippen MR) is 88.0 cm³/mol. The number of carbonyl (C=O) groups excluding carboxylic acids is 2. The van der Waals surface area contributed by atoms with Gasteiger partial charge in [0.25, 0.3) is 0 Å². The van der Waals surface area contributed by atoms with Crippen LogP contribution in [0.15, 0.2) is 24.4 Å². The Balaban J connectivity index is 1.84. The molecule has 0 aromatic carbocycles. The lowest BCUT2D eigenvalue weighted by atomic mass is 9.91. The predicted octanol–water partition coefficient (Wildman–Crippen LogP) is 2.25. The molecule has 1 atom stereocenters. The Labute approximate surface area is 138 Å². The van der Waals surface area contributed by atoms with Gasteiger partial charge in [0.05, 0.1) is 6.54 Å². The Kier molecular flexibility index (Phi) is 5.88. The van der Waals surface area contributed by atoms with E-state index >= 15 is 0 Å². The van der Waals surface area contributed by atoms with Crippen molar-refractivity contribution in [2.24, 2.45) is 5.92 Å². The molecule has 5 heteroatoms. The van der Waals surface area contributed by atoms with Crippen molar-refractivity contribution in [3.8, 4) is 0 Å². The fourth-order valence-electron chi connectivity index (χ4n) is 2.80. The molecule has 1 fully saturated rings. The van der Waals surface area contributed by atoms with E-state index in [9.17, 15) is 9.59 Å². The van der Waals surface area contributed by atoms with Gasteiger partial charge >= 0.3 is 5.97 Å². The van der Waals surface area contributed by atoms with Crippen molar-refractivity contribution in [1.82, 2.24) is 9.88 Å². The summed E-state index contributed by atoms with van der Waals surface area (Å²) in [6.07, 6.45) is 3.85. The van der Waals surface area contributed by atoms with E-state index in [-0.39, 0.29) is 18.4 Å². The molecule has 2 rings (SSSR count). The average Bonchev–Trinajstić information content (AvgIpc) is 2.47. The normalized spacial score (nSPS) is 19.6. The zero-order valence-corrected chi connectivity index (χ0v) is 14.2. The number of rotatable bonds is 5. The zero-order valence-electron chi connectivity index (χ0n) is 14.2. The molecule has 0 bridgehead atoms. The standard InChI is InChI=1S/C18H26N2O3/c1-18(2,3)23-17(22)13-20-11-9-16(21)14(12-20)7-8-15-6-4-5-10-19-15/h4-6,10,14H,7-9,11-13H2,1-3H3. The summed E-state index contributed by atoms with van der Waals surface area (Å²) in [5.41, 5.74) is 0.533. The van der Waals surface area contributed by atoms with E-state index in [0.29, 0.717) is 25.3 Å². The fourth-order valence-corrected chi connectivity index (χ4v) is 2.80. The topological polar surface area (TPSA) is 59.5 Å². The number of esters is 1. The smallest absolute Gasteiger partial charge is 0.320 e. The van der Waals surface area contributed by atoms with E-state index in [1.165, 1.54) is 0 Å². The monoisotopic (exact) mass is 318 g/mol. The van der Waals surface area contributed by atoms with Crippen molar-refractivity contribution in [1.29, 1.82) is 0 Å². The van der Waals surface area contributed by atoms with Crippen LogP contribution in [0.3, 0.4) is 0 Å². The largest absolute Gasteiger partial charge is 0.459 e. The molecule has 1 saturated heterocycles. The van der Waals surface area contributed by atoms with Gasteiger partial charge in [0.1, 0.15) is 11.4 Å². The Hall–Kier alpha value is -1.75. The number of hydrogen-bond acceptors (Lipinski definition) is 5. The number of pyridine rings is 1. The van der Waals surface area contributed by atoms with Gasteiger partial charge in [-0.25, -0.2) is 0 Å². The minimum atomic E-state index is -0.471. The number of nitrogens with zero attached hydrogens (tertiary/aromatic N) is 2. The highest BCUT2D eigenvalue weighted by Crippen LogP contribution is 2.19. The van der Waals surface area contributed by atoms with Gasteiger partial charge in [-0.15, -0.1) is 0 Å². The molecular weight excluding hydrogens is 292 g/mol. The van der Waals surface area contributed by atoms with E-state index in [0.717, 1.165) is 18.5 Å². The Bertz CT molecular complexity index is 537. The van der Waals surface area contributed by atoms with Crippen molar-refractivity contribution in [3.63, 3.8) is 0 Å². The van der Waals surface area contributed by atoms with Gasteiger partial charge in [0.2, 0.25) is 0 Å². The molecule has 126 valence electrons. The summed E-state index contributed by atoms with van der Waals surface area (Å²) in [5.74, 6) is 0.0462. The number of piperidine rings is 1. The van der Waals surface area contributed by atoms with Gasteiger partial charge < -0.3 is 4.74 Å². The molecule has 5 nitrogen and oxygen atoms in total. The first-order valence-electron chi connectivity index (χ1n) is 8.20. The number of ketones is 1. The van der Waals surface area contributed by atoms with Crippen molar-refractivity contribution < 1.29 is 14.3 Å². The molecule has 1 aromatic heterocycles. The lowest BCUT2D eigenvalue weighted by molar-refractivity contribution is -0.157. The first-order chi connectivity index (χ1) is 10.8. The molecule has 2 heterocycles. The SMILES string of the molecule is CC(C)(C)OC(=O)CN1CCC(=O)C(CCc2ccccn2)C1. The third kappa shape index (κ3) is 6.10. The maximum atomic E-state index is 12.1. The summed E-state index contributed by atoms with van der Waals surface area (Å²) in [6, 6.07) is 5.82. The minimum absolute atomic E-state index is 0.0202. The Morgan fingerprint density at radius 1 is 1.39 bits per heavy atom. The summed E-state index contributed by atoms with van der Waals surface area (Å²) in [7, 11) is 0. The van der Waals surface area contributed by atoms with Crippen molar-refractivity contribution in [3.05, 3.63) is 30.1 Å². The molecule has 1 unspecified atom stereocenters. The second-order valence-corrected chi connectivity index (χ2v) is 7.09. The van der Waals surface area contributed by atoms with Crippen LogP contribution < -0.4 is 0 Å². The number of carbonyl (C=O) groups is 2. The molecule has 0 aliphatic carbocycles. The number of likely N-dealkylation sites (tertiary alicyclic amines) is 1. The first-order valence-corrected chi connectivity index (χ1v) is 8.20. The van der Waals surface area contributed by atoms with E-state index in [1.807, 2.05) is 43.9 Å². The first kappa shape index (κ1) is 17.6. The van der Waals surface area contributed by atoms with Crippen LogP contribution in [0.25, 0.3) is 0 Å². The van der Waals surface area contributed by atoms with Crippen LogP contribution in [0, 0.1) is 5.92 Å². The second-order valence-electron chi connectivity index (χ2n) is 7.09. The summed E-state index contributed by atoms with van der Waals surface area (Å²) >= 11 is 0. The second kappa shape index (κ2) is 7.68. The third-order valence-corrected chi connectivity index (χ3v) is 3.86. The van der Waals surface area contributed by atoms with E-state index in [2.05, 4.69) is 4.98 Å². The summed E-state index contributed by atoms with van der Waals surface area (Å²) in [5, 5.41) is 0. The fraction of sp³-hybridized carbons (Fsp3) is 0.611. The van der Waals surface area contributed by atoms with Crippen LogP contribution >= 0.6 is 0 Å². The highest BCUT2D eigenvalue weighted by molar-refractivity contribution is 5.82. The van der Waals surface area contributed by atoms with Crippen molar-refractivity contribution in [2.45, 2.75) is 45.6 Å². The molecule has 0 radical (unpaired) electrons. The Morgan fingerprint density at radius 2 is 2.17 bits per heavy atom. The number of aromatic nitrogens is 1. The molecule has 1 aromatic rings. The van der Waals surface area contributed by atoms with Crippen LogP contribution in [-0.4, -0.2) is 46.9 Å². The van der Waals surface area contributed by atoms with E-state index in [4.69, 9.17) is 4.74 Å². The molecule has 0 amide bonds. The number of Topliss-reactive ketones (excluding diaryl/α,β-unsaturated/α-hetero) is 1. The van der Waals surface area contributed by atoms with E-state index in [1.54, 1.807) is 6.20 Å². The van der Waals surface area contributed by atoms with Gasteiger partial charge in [-0.3, -0.25) is 19.5 Å².